The predicted octanol–water partition coefficient (Wildman–Crippen LogP) is 5.28. The van der Waals surface area contributed by atoms with Gasteiger partial charge in [0.15, 0.2) is 5.78 Å². The first-order chi connectivity index (χ1) is 19.2. The number of hydrogen-bond acceptors (Lipinski definition) is 6. The molecule has 0 radical (unpaired) electrons. The van der Waals surface area contributed by atoms with Crippen LogP contribution in [0.1, 0.15) is 62.3 Å². The number of hydrazine groups is 1. The monoisotopic (exact) mass is 558 g/mol. The van der Waals surface area contributed by atoms with Crippen molar-refractivity contribution in [2.75, 3.05) is 6.54 Å². The number of ketones is 1. The summed E-state index contributed by atoms with van der Waals surface area (Å²) in [6, 6.07) is 19.1. The Morgan fingerprint density at radius 3 is 2.02 bits per heavy atom. The van der Waals surface area contributed by atoms with E-state index >= 15 is 0 Å². The first-order valence-electron chi connectivity index (χ1n) is 13.1. The molecule has 1 heterocycles. The molecule has 3 aromatic rings. The summed E-state index contributed by atoms with van der Waals surface area (Å²) >= 11 is 6.27. The SMILES string of the molecule is Cc1ccc(C(=O)Oc2ccc(C(=O)CN(C(=O)c3ccccc3Cl)N3C(=O)[C@H]4CCCC[C@H]4C3=O)cc2)cc1. The number of carbonyl (C=O) groups excluding carboxylic acids is 5. The van der Waals surface area contributed by atoms with E-state index in [0.29, 0.717) is 18.4 Å². The van der Waals surface area contributed by atoms with E-state index in [4.69, 9.17) is 16.3 Å². The topological polar surface area (TPSA) is 101 Å². The van der Waals surface area contributed by atoms with Gasteiger partial charge in [0, 0.05) is 5.56 Å². The Morgan fingerprint density at radius 2 is 1.43 bits per heavy atom. The number of carbonyl (C=O) groups is 5. The number of Topliss-reactive ketones (excluding diaryl/α,β-unsaturated/α-hetero) is 1. The molecule has 3 amide bonds. The minimum Gasteiger partial charge on any atom is -0.423 e. The second-order valence-corrected chi connectivity index (χ2v) is 10.4. The quantitative estimate of drug-likeness (QED) is 0.169. The number of amides is 3. The van der Waals surface area contributed by atoms with Gasteiger partial charge in [0.25, 0.3) is 17.7 Å². The van der Waals surface area contributed by atoms with Crippen LogP contribution in [0.3, 0.4) is 0 Å². The summed E-state index contributed by atoms with van der Waals surface area (Å²) < 4.78 is 5.40. The Bertz CT molecular complexity index is 1460. The van der Waals surface area contributed by atoms with Crippen molar-refractivity contribution in [1.82, 2.24) is 10.0 Å². The van der Waals surface area contributed by atoms with E-state index in [9.17, 15) is 24.0 Å². The summed E-state index contributed by atoms with van der Waals surface area (Å²) in [4.78, 5) is 66.1. The summed E-state index contributed by atoms with van der Waals surface area (Å²) in [6.07, 6.45) is 2.78. The second-order valence-electron chi connectivity index (χ2n) is 10.0. The molecule has 2 aliphatic rings. The van der Waals surface area contributed by atoms with E-state index in [2.05, 4.69) is 0 Å². The summed E-state index contributed by atoms with van der Waals surface area (Å²) in [5, 5.41) is 1.90. The van der Waals surface area contributed by atoms with Gasteiger partial charge in [0.1, 0.15) is 12.3 Å². The molecule has 5 rings (SSSR count). The van der Waals surface area contributed by atoms with Crippen molar-refractivity contribution in [3.63, 3.8) is 0 Å². The molecule has 3 aromatic carbocycles. The predicted molar refractivity (Wildman–Crippen MR) is 147 cm³/mol. The zero-order chi connectivity index (χ0) is 28.4. The number of ether oxygens (including phenoxy) is 1. The molecule has 8 nitrogen and oxygen atoms in total. The average Bonchev–Trinajstić information content (AvgIpc) is 3.21. The molecule has 1 saturated heterocycles. The minimum absolute atomic E-state index is 0.0748. The fourth-order valence-electron chi connectivity index (χ4n) is 5.18. The van der Waals surface area contributed by atoms with Gasteiger partial charge in [-0.1, -0.05) is 54.3 Å². The van der Waals surface area contributed by atoms with Crippen LogP contribution in [0.5, 0.6) is 5.75 Å². The van der Waals surface area contributed by atoms with E-state index in [1.807, 2.05) is 6.92 Å². The molecule has 40 heavy (non-hydrogen) atoms. The first kappa shape index (κ1) is 27.3. The van der Waals surface area contributed by atoms with Gasteiger partial charge in [0.05, 0.1) is 28.0 Å². The zero-order valence-electron chi connectivity index (χ0n) is 21.8. The third-order valence-corrected chi connectivity index (χ3v) is 7.70. The molecular formula is C31H27ClN2O6. The highest BCUT2D eigenvalue weighted by Crippen LogP contribution is 2.39. The summed E-state index contributed by atoms with van der Waals surface area (Å²) in [5.74, 6) is -3.47. The van der Waals surface area contributed by atoms with Crippen molar-refractivity contribution in [3.05, 3.63) is 100 Å². The van der Waals surface area contributed by atoms with E-state index in [1.165, 1.54) is 36.4 Å². The number of nitrogens with zero attached hydrogens (tertiary/aromatic N) is 2. The van der Waals surface area contributed by atoms with Crippen LogP contribution in [0.2, 0.25) is 5.02 Å². The number of halogens is 1. The maximum Gasteiger partial charge on any atom is 0.343 e. The van der Waals surface area contributed by atoms with Gasteiger partial charge in [-0.2, -0.15) is 5.01 Å². The molecule has 204 valence electrons. The fraction of sp³-hybridized carbons (Fsp3) is 0.258. The Hall–Kier alpha value is -4.30. The largest absolute Gasteiger partial charge is 0.423 e. The highest BCUT2D eigenvalue weighted by atomic mass is 35.5. The standard InChI is InChI=1S/C31H27ClN2O6/c1-19-10-12-21(13-11-19)31(39)40-22-16-14-20(15-17-22)27(35)18-33(28(36)25-8-4-5-9-26(25)32)34-29(37)23-6-2-3-7-24(23)30(34)38/h4-5,8-17,23-24H,2-3,6-7,18H2,1H3/t23-,24+. The lowest BCUT2D eigenvalue weighted by Gasteiger charge is -2.30. The Morgan fingerprint density at radius 1 is 0.850 bits per heavy atom. The van der Waals surface area contributed by atoms with Gasteiger partial charge in [-0.15, -0.1) is 0 Å². The number of rotatable bonds is 7. The van der Waals surface area contributed by atoms with Gasteiger partial charge < -0.3 is 4.74 Å². The number of esters is 1. The molecule has 1 saturated carbocycles. The van der Waals surface area contributed by atoms with Crippen molar-refractivity contribution in [1.29, 1.82) is 0 Å². The highest BCUT2D eigenvalue weighted by molar-refractivity contribution is 6.34. The van der Waals surface area contributed by atoms with Gasteiger partial charge in [0.2, 0.25) is 0 Å². The molecule has 0 N–H and O–H groups in total. The number of imide groups is 1. The lowest BCUT2D eigenvalue weighted by atomic mass is 9.81. The summed E-state index contributed by atoms with van der Waals surface area (Å²) in [6.45, 7) is 1.36. The Kier molecular flexibility index (Phi) is 7.80. The maximum atomic E-state index is 13.6. The fourth-order valence-corrected chi connectivity index (χ4v) is 5.40. The van der Waals surface area contributed by atoms with E-state index < -0.39 is 47.9 Å². The Labute approximate surface area is 236 Å². The van der Waals surface area contributed by atoms with E-state index in [-0.39, 0.29) is 21.9 Å². The minimum atomic E-state index is -0.719. The van der Waals surface area contributed by atoms with Crippen molar-refractivity contribution in [3.8, 4) is 5.75 Å². The van der Waals surface area contributed by atoms with Crippen molar-refractivity contribution < 1.29 is 28.7 Å². The molecule has 0 aromatic heterocycles. The van der Waals surface area contributed by atoms with Crippen LogP contribution in [0.4, 0.5) is 0 Å². The second kappa shape index (κ2) is 11.4. The summed E-state index contributed by atoms with van der Waals surface area (Å²) in [5.41, 5.74) is 1.69. The van der Waals surface area contributed by atoms with E-state index in [0.717, 1.165) is 28.4 Å². The zero-order valence-corrected chi connectivity index (χ0v) is 22.6. The lowest BCUT2D eigenvalue weighted by Crippen LogP contribution is -2.52. The van der Waals surface area contributed by atoms with Gasteiger partial charge in [-0.3, -0.25) is 19.2 Å². The number of aryl methyl sites for hydroxylation is 1. The third-order valence-electron chi connectivity index (χ3n) is 7.37. The third kappa shape index (κ3) is 5.40. The molecule has 1 aliphatic carbocycles. The van der Waals surface area contributed by atoms with E-state index in [1.54, 1.807) is 36.4 Å². The number of benzene rings is 3. The van der Waals surface area contributed by atoms with Crippen LogP contribution < -0.4 is 4.74 Å². The van der Waals surface area contributed by atoms with Crippen LogP contribution in [0.15, 0.2) is 72.8 Å². The highest BCUT2D eigenvalue weighted by Gasteiger charge is 2.52. The van der Waals surface area contributed by atoms with Crippen LogP contribution in [-0.4, -0.2) is 46.0 Å². The number of fused-ring (bicyclic) bond motifs is 1. The lowest BCUT2D eigenvalue weighted by molar-refractivity contribution is -0.154. The van der Waals surface area contributed by atoms with Crippen LogP contribution >= 0.6 is 11.6 Å². The van der Waals surface area contributed by atoms with Crippen molar-refractivity contribution in [2.24, 2.45) is 11.8 Å². The van der Waals surface area contributed by atoms with Crippen LogP contribution in [-0.2, 0) is 9.59 Å². The van der Waals surface area contributed by atoms with Gasteiger partial charge in [-0.25, -0.2) is 9.80 Å². The molecule has 9 heteroatoms. The molecule has 2 fully saturated rings. The molecule has 1 aliphatic heterocycles. The smallest absolute Gasteiger partial charge is 0.343 e. The Balaban J connectivity index is 1.37. The number of hydrogen-bond donors (Lipinski definition) is 0. The molecule has 0 unspecified atom stereocenters. The van der Waals surface area contributed by atoms with Crippen LogP contribution in [0, 0.1) is 18.8 Å². The molecular weight excluding hydrogens is 532 g/mol. The molecule has 2 atom stereocenters. The molecule has 0 bridgehead atoms. The molecule has 0 spiro atoms. The average molecular weight is 559 g/mol. The summed E-state index contributed by atoms with van der Waals surface area (Å²) in [7, 11) is 0. The first-order valence-corrected chi connectivity index (χ1v) is 13.5. The van der Waals surface area contributed by atoms with Crippen molar-refractivity contribution >= 4 is 41.1 Å². The van der Waals surface area contributed by atoms with Gasteiger partial charge in [-0.05, 0) is 68.3 Å². The normalized spacial score (nSPS) is 18.3. The van der Waals surface area contributed by atoms with Gasteiger partial charge >= 0.3 is 5.97 Å². The van der Waals surface area contributed by atoms with Crippen molar-refractivity contribution in [2.45, 2.75) is 32.6 Å². The van der Waals surface area contributed by atoms with Crippen LogP contribution in [0.25, 0.3) is 0 Å². The maximum absolute atomic E-state index is 13.6.